The SMILES string of the molecule is Cc1cc(C(F)(F)F)cn2cc(-c3nc(-c4cc(F)c(OC(C)CO)cc4Cl)no3)nc12. The number of pyridine rings is 1. The summed E-state index contributed by atoms with van der Waals surface area (Å²) < 4.78 is 65.2. The van der Waals surface area contributed by atoms with Crippen LogP contribution in [-0.4, -0.2) is 37.3 Å². The van der Waals surface area contributed by atoms with Gasteiger partial charge in [-0.25, -0.2) is 9.37 Å². The first-order valence-electron chi connectivity index (χ1n) is 9.24. The second-order valence-corrected chi connectivity index (χ2v) is 7.47. The third-order valence-electron chi connectivity index (χ3n) is 4.56. The van der Waals surface area contributed by atoms with Crippen molar-refractivity contribution in [2.75, 3.05) is 6.61 Å². The van der Waals surface area contributed by atoms with E-state index in [1.54, 1.807) is 6.92 Å². The summed E-state index contributed by atoms with van der Waals surface area (Å²) in [6.45, 7) is 2.75. The molecule has 0 aliphatic heterocycles. The number of alkyl halides is 3. The molecule has 0 saturated carbocycles. The Kier molecular flexibility index (Phi) is 5.55. The van der Waals surface area contributed by atoms with E-state index in [1.807, 2.05) is 0 Å². The van der Waals surface area contributed by atoms with Crippen LogP contribution >= 0.6 is 11.6 Å². The predicted molar refractivity (Wildman–Crippen MR) is 106 cm³/mol. The van der Waals surface area contributed by atoms with E-state index in [9.17, 15) is 17.6 Å². The van der Waals surface area contributed by atoms with Gasteiger partial charge in [-0.15, -0.1) is 0 Å². The van der Waals surface area contributed by atoms with E-state index in [0.717, 1.165) is 18.3 Å². The van der Waals surface area contributed by atoms with Gasteiger partial charge in [-0.1, -0.05) is 16.8 Å². The molecule has 4 rings (SSSR count). The van der Waals surface area contributed by atoms with Gasteiger partial charge in [0.2, 0.25) is 5.82 Å². The molecule has 0 amide bonds. The summed E-state index contributed by atoms with van der Waals surface area (Å²) in [5.41, 5.74) is 0.0275. The Balaban J connectivity index is 1.69. The van der Waals surface area contributed by atoms with Crippen molar-refractivity contribution in [2.24, 2.45) is 0 Å². The smallest absolute Gasteiger partial charge is 0.417 e. The number of fused-ring (bicyclic) bond motifs is 1. The molecule has 7 nitrogen and oxygen atoms in total. The van der Waals surface area contributed by atoms with Gasteiger partial charge < -0.3 is 18.8 Å². The largest absolute Gasteiger partial charge is 0.485 e. The minimum Gasteiger partial charge on any atom is -0.485 e. The molecule has 32 heavy (non-hydrogen) atoms. The molecule has 12 heteroatoms. The standard InChI is InChI=1S/C20H15ClF4N4O3/c1-9-3-11(20(23,24)25)6-29-7-15(26-18(9)29)19-27-17(28-32-19)12-4-14(22)16(5-13(12)21)31-10(2)8-30/h3-7,10,30H,8H2,1-2H3. The third kappa shape index (κ3) is 4.13. The molecular formula is C20H15ClF4N4O3. The maximum Gasteiger partial charge on any atom is 0.417 e. The second-order valence-electron chi connectivity index (χ2n) is 7.06. The number of benzene rings is 1. The number of ether oxygens (including phenoxy) is 1. The minimum atomic E-state index is -4.51. The molecule has 1 unspecified atom stereocenters. The average molecular weight is 471 g/mol. The van der Waals surface area contributed by atoms with E-state index in [0.29, 0.717) is 5.56 Å². The number of rotatable bonds is 5. The van der Waals surface area contributed by atoms with Gasteiger partial charge >= 0.3 is 6.18 Å². The summed E-state index contributed by atoms with van der Waals surface area (Å²) in [5.74, 6) is -1.03. The number of halogens is 5. The van der Waals surface area contributed by atoms with Crippen LogP contribution in [0.25, 0.3) is 28.6 Å². The zero-order valence-electron chi connectivity index (χ0n) is 16.6. The highest BCUT2D eigenvalue weighted by Gasteiger charge is 2.31. The van der Waals surface area contributed by atoms with Gasteiger partial charge in [0.05, 0.1) is 17.2 Å². The zero-order chi connectivity index (χ0) is 23.2. The van der Waals surface area contributed by atoms with Gasteiger partial charge in [0.1, 0.15) is 17.4 Å². The van der Waals surface area contributed by atoms with E-state index in [1.165, 1.54) is 23.6 Å². The predicted octanol–water partition coefficient (Wildman–Crippen LogP) is 4.93. The van der Waals surface area contributed by atoms with Crippen molar-refractivity contribution in [3.8, 4) is 28.7 Å². The number of aromatic nitrogens is 4. The van der Waals surface area contributed by atoms with Crippen molar-refractivity contribution in [3.05, 3.63) is 52.6 Å². The molecule has 1 aromatic carbocycles. The molecular weight excluding hydrogens is 456 g/mol. The van der Waals surface area contributed by atoms with Crippen LogP contribution in [0.1, 0.15) is 18.1 Å². The number of aryl methyl sites for hydroxylation is 1. The normalized spacial score (nSPS) is 13.0. The van der Waals surface area contributed by atoms with Gasteiger partial charge in [0.25, 0.3) is 5.89 Å². The molecule has 1 N–H and O–H groups in total. The Labute approximate surface area is 183 Å². The van der Waals surface area contributed by atoms with Crippen molar-refractivity contribution in [1.29, 1.82) is 0 Å². The summed E-state index contributed by atoms with van der Waals surface area (Å²) >= 11 is 6.21. The lowest BCUT2D eigenvalue weighted by Gasteiger charge is -2.13. The topological polar surface area (TPSA) is 85.7 Å². The number of hydrogen-bond donors (Lipinski definition) is 1. The molecule has 0 bridgehead atoms. The number of imidazole rings is 1. The van der Waals surface area contributed by atoms with Crippen LogP contribution in [0, 0.1) is 12.7 Å². The van der Waals surface area contributed by atoms with Crippen LogP contribution in [-0.2, 0) is 6.18 Å². The molecule has 168 valence electrons. The lowest BCUT2D eigenvalue weighted by molar-refractivity contribution is -0.137. The van der Waals surface area contributed by atoms with Crippen LogP contribution in [0.15, 0.2) is 35.1 Å². The fourth-order valence-corrected chi connectivity index (χ4v) is 3.25. The monoisotopic (exact) mass is 470 g/mol. The maximum absolute atomic E-state index is 14.4. The summed E-state index contributed by atoms with van der Waals surface area (Å²) in [5, 5.41) is 12.9. The third-order valence-corrected chi connectivity index (χ3v) is 4.87. The molecule has 3 heterocycles. The zero-order valence-corrected chi connectivity index (χ0v) is 17.4. The first kappa shape index (κ1) is 22.0. The summed E-state index contributed by atoms with van der Waals surface area (Å²) in [6.07, 6.45) is -2.91. The Morgan fingerprint density at radius 3 is 2.66 bits per heavy atom. The maximum atomic E-state index is 14.4. The quantitative estimate of drug-likeness (QED) is 0.416. The van der Waals surface area contributed by atoms with Gasteiger partial charge in [0, 0.05) is 24.0 Å². The van der Waals surface area contributed by atoms with Crippen molar-refractivity contribution >= 4 is 17.2 Å². The molecule has 0 radical (unpaired) electrons. The van der Waals surface area contributed by atoms with Gasteiger partial charge in [-0.05, 0) is 31.5 Å². The Hall–Kier alpha value is -3.18. The summed E-state index contributed by atoms with van der Waals surface area (Å²) in [4.78, 5) is 8.41. The van der Waals surface area contributed by atoms with Crippen LogP contribution in [0.5, 0.6) is 5.75 Å². The number of aliphatic hydroxyl groups is 1. The van der Waals surface area contributed by atoms with Gasteiger partial charge in [0.15, 0.2) is 11.6 Å². The number of hydrogen-bond acceptors (Lipinski definition) is 6. The first-order valence-corrected chi connectivity index (χ1v) is 9.62. The van der Waals surface area contributed by atoms with Crippen LogP contribution in [0.2, 0.25) is 5.02 Å². The molecule has 0 aliphatic rings. The van der Waals surface area contributed by atoms with E-state index in [4.69, 9.17) is 26.0 Å². The fourth-order valence-electron chi connectivity index (χ4n) is 3.01. The first-order chi connectivity index (χ1) is 15.1. The fraction of sp³-hybridized carbons (Fsp3) is 0.250. The number of nitrogens with zero attached hydrogens (tertiary/aromatic N) is 4. The van der Waals surface area contributed by atoms with Crippen molar-refractivity contribution in [1.82, 2.24) is 19.5 Å². The molecule has 4 aromatic rings. The van der Waals surface area contributed by atoms with E-state index < -0.39 is 23.7 Å². The summed E-state index contributed by atoms with van der Waals surface area (Å²) in [6, 6.07) is 3.27. The van der Waals surface area contributed by atoms with Crippen molar-refractivity contribution in [2.45, 2.75) is 26.1 Å². The second kappa shape index (κ2) is 8.06. The molecule has 1 atom stereocenters. The van der Waals surface area contributed by atoms with Crippen LogP contribution < -0.4 is 4.74 Å². The highest BCUT2D eigenvalue weighted by molar-refractivity contribution is 6.33. The van der Waals surface area contributed by atoms with Gasteiger partial charge in [-0.2, -0.15) is 18.2 Å². The Bertz CT molecular complexity index is 1300. The highest BCUT2D eigenvalue weighted by Crippen LogP contribution is 2.34. The van der Waals surface area contributed by atoms with Crippen LogP contribution in [0.4, 0.5) is 17.6 Å². The lowest BCUT2D eigenvalue weighted by Crippen LogP contribution is -2.16. The van der Waals surface area contributed by atoms with Gasteiger partial charge in [-0.3, -0.25) is 0 Å². The van der Waals surface area contributed by atoms with E-state index in [-0.39, 0.29) is 46.0 Å². The van der Waals surface area contributed by atoms with Crippen molar-refractivity contribution in [3.63, 3.8) is 0 Å². The lowest BCUT2D eigenvalue weighted by atomic mass is 10.2. The summed E-state index contributed by atoms with van der Waals surface area (Å²) in [7, 11) is 0. The molecule has 0 spiro atoms. The molecule has 0 saturated heterocycles. The molecule has 0 fully saturated rings. The average Bonchev–Trinajstić information content (AvgIpc) is 3.37. The van der Waals surface area contributed by atoms with E-state index in [2.05, 4.69) is 15.1 Å². The Morgan fingerprint density at radius 2 is 1.97 bits per heavy atom. The minimum absolute atomic E-state index is 0.0459. The highest BCUT2D eigenvalue weighted by atomic mass is 35.5. The van der Waals surface area contributed by atoms with E-state index >= 15 is 0 Å². The Morgan fingerprint density at radius 1 is 1.22 bits per heavy atom. The molecule has 3 aromatic heterocycles. The van der Waals surface area contributed by atoms with Crippen LogP contribution in [0.3, 0.4) is 0 Å². The molecule has 0 aliphatic carbocycles. The number of aliphatic hydroxyl groups excluding tert-OH is 1. The van der Waals surface area contributed by atoms with Crippen molar-refractivity contribution < 1.29 is 31.9 Å².